The summed E-state index contributed by atoms with van der Waals surface area (Å²) in [4.78, 5) is 16.1. The smallest absolute Gasteiger partial charge is 0.251 e. The lowest BCUT2D eigenvalue weighted by molar-refractivity contribution is 0.0951. The summed E-state index contributed by atoms with van der Waals surface area (Å²) in [5, 5.41) is 3.52. The molecule has 0 radical (unpaired) electrons. The third kappa shape index (κ3) is 2.65. The first-order chi connectivity index (χ1) is 9.72. The molecule has 0 aliphatic carbocycles. The second-order valence-corrected chi connectivity index (χ2v) is 4.78. The summed E-state index contributed by atoms with van der Waals surface area (Å²) < 4.78 is 5.18. The van der Waals surface area contributed by atoms with Crippen molar-refractivity contribution >= 4 is 28.6 Å². The van der Waals surface area contributed by atoms with Gasteiger partial charge in [-0.2, -0.15) is 0 Å². The van der Waals surface area contributed by atoms with Gasteiger partial charge in [0.15, 0.2) is 12.0 Å². The van der Waals surface area contributed by atoms with Gasteiger partial charge < -0.3 is 9.73 Å². The molecule has 2 aromatic carbocycles. The highest BCUT2D eigenvalue weighted by molar-refractivity contribution is 6.30. The molecule has 20 heavy (non-hydrogen) atoms. The van der Waals surface area contributed by atoms with Crippen LogP contribution in [0.1, 0.15) is 15.9 Å². The van der Waals surface area contributed by atoms with Crippen LogP contribution in [-0.2, 0) is 6.54 Å². The average Bonchev–Trinajstić information content (AvgIpc) is 2.93. The molecule has 1 heterocycles. The number of hydrogen-bond donors (Lipinski definition) is 1. The van der Waals surface area contributed by atoms with Gasteiger partial charge in [0.05, 0.1) is 0 Å². The van der Waals surface area contributed by atoms with Crippen LogP contribution in [0.3, 0.4) is 0 Å². The molecule has 1 N–H and O–H groups in total. The van der Waals surface area contributed by atoms with Gasteiger partial charge in [-0.25, -0.2) is 4.98 Å². The number of rotatable bonds is 3. The van der Waals surface area contributed by atoms with Gasteiger partial charge in [-0.1, -0.05) is 23.7 Å². The van der Waals surface area contributed by atoms with Gasteiger partial charge in [0.25, 0.3) is 5.91 Å². The van der Waals surface area contributed by atoms with Gasteiger partial charge in [0.2, 0.25) is 0 Å². The second kappa shape index (κ2) is 5.35. The Morgan fingerprint density at radius 3 is 2.80 bits per heavy atom. The number of amides is 1. The third-order valence-electron chi connectivity index (χ3n) is 2.96. The van der Waals surface area contributed by atoms with Crippen molar-refractivity contribution in [3.63, 3.8) is 0 Å². The fraction of sp³-hybridized carbons (Fsp3) is 0.0667. The minimum absolute atomic E-state index is 0.154. The third-order valence-corrected chi connectivity index (χ3v) is 3.21. The van der Waals surface area contributed by atoms with Gasteiger partial charge in [-0.3, -0.25) is 4.79 Å². The van der Waals surface area contributed by atoms with Crippen molar-refractivity contribution < 1.29 is 9.21 Å². The Morgan fingerprint density at radius 2 is 2.00 bits per heavy atom. The lowest BCUT2D eigenvalue weighted by atomic mass is 10.2. The van der Waals surface area contributed by atoms with Crippen molar-refractivity contribution in [3.8, 4) is 0 Å². The molecule has 3 aromatic rings. The highest BCUT2D eigenvalue weighted by Crippen LogP contribution is 2.14. The van der Waals surface area contributed by atoms with E-state index >= 15 is 0 Å². The molecule has 3 rings (SSSR count). The zero-order valence-corrected chi connectivity index (χ0v) is 11.2. The molecule has 1 aromatic heterocycles. The zero-order chi connectivity index (χ0) is 13.9. The Labute approximate surface area is 120 Å². The van der Waals surface area contributed by atoms with E-state index in [1.807, 2.05) is 12.1 Å². The first-order valence-electron chi connectivity index (χ1n) is 6.08. The number of halogens is 1. The Morgan fingerprint density at radius 1 is 1.20 bits per heavy atom. The van der Waals surface area contributed by atoms with Crippen LogP contribution in [0.2, 0.25) is 5.02 Å². The number of oxazole rings is 1. The normalized spacial score (nSPS) is 10.7. The Bertz CT molecular complexity index is 750. The molecule has 0 saturated carbocycles. The molecule has 100 valence electrons. The quantitative estimate of drug-likeness (QED) is 0.803. The Kier molecular flexibility index (Phi) is 3.39. The van der Waals surface area contributed by atoms with E-state index in [1.54, 1.807) is 30.3 Å². The summed E-state index contributed by atoms with van der Waals surface area (Å²) in [6, 6.07) is 12.5. The number of carbonyl (C=O) groups excluding carboxylic acids is 1. The maximum atomic E-state index is 12.1. The van der Waals surface area contributed by atoms with Crippen molar-refractivity contribution in [2.75, 3.05) is 0 Å². The maximum absolute atomic E-state index is 12.1. The number of carbonyl (C=O) groups is 1. The monoisotopic (exact) mass is 286 g/mol. The van der Waals surface area contributed by atoms with E-state index in [0.29, 0.717) is 22.7 Å². The highest BCUT2D eigenvalue weighted by atomic mass is 35.5. The SMILES string of the molecule is O=C(NCc1ccc(Cl)cc1)c1ccc2ncoc2c1. The number of hydrogen-bond acceptors (Lipinski definition) is 3. The molecule has 1 amide bonds. The van der Waals surface area contributed by atoms with E-state index < -0.39 is 0 Å². The van der Waals surface area contributed by atoms with Crippen molar-refractivity contribution in [2.24, 2.45) is 0 Å². The van der Waals surface area contributed by atoms with Gasteiger partial charge in [-0.15, -0.1) is 0 Å². The standard InChI is InChI=1S/C15H11ClN2O2/c16-12-4-1-10(2-5-12)8-17-15(19)11-3-6-13-14(7-11)20-9-18-13/h1-7,9H,8H2,(H,17,19). The Balaban J connectivity index is 1.70. The molecule has 0 unspecified atom stereocenters. The molecular formula is C15H11ClN2O2. The molecular weight excluding hydrogens is 276 g/mol. The molecule has 0 atom stereocenters. The van der Waals surface area contributed by atoms with Gasteiger partial charge in [0.1, 0.15) is 5.52 Å². The van der Waals surface area contributed by atoms with Crippen molar-refractivity contribution in [3.05, 3.63) is 65.0 Å². The van der Waals surface area contributed by atoms with Crippen LogP contribution in [0.25, 0.3) is 11.1 Å². The van der Waals surface area contributed by atoms with Gasteiger partial charge >= 0.3 is 0 Å². The number of benzene rings is 2. The predicted octanol–water partition coefficient (Wildman–Crippen LogP) is 3.41. The number of fused-ring (bicyclic) bond motifs is 1. The van der Waals surface area contributed by atoms with Crippen LogP contribution in [0.15, 0.2) is 53.3 Å². The van der Waals surface area contributed by atoms with E-state index in [0.717, 1.165) is 11.1 Å². The largest absolute Gasteiger partial charge is 0.443 e. The van der Waals surface area contributed by atoms with Crippen LogP contribution >= 0.6 is 11.6 Å². The summed E-state index contributed by atoms with van der Waals surface area (Å²) in [5.74, 6) is -0.154. The van der Waals surface area contributed by atoms with Crippen molar-refractivity contribution in [1.29, 1.82) is 0 Å². The fourth-order valence-corrected chi connectivity index (χ4v) is 2.01. The molecule has 0 aliphatic rings. The summed E-state index contributed by atoms with van der Waals surface area (Å²) in [6.45, 7) is 0.449. The first kappa shape index (κ1) is 12.7. The number of nitrogens with one attached hydrogen (secondary N) is 1. The number of nitrogens with zero attached hydrogens (tertiary/aromatic N) is 1. The topological polar surface area (TPSA) is 55.1 Å². The minimum Gasteiger partial charge on any atom is -0.443 e. The summed E-state index contributed by atoms with van der Waals surface area (Å²) in [6.07, 6.45) is 1.36. The van der Waals surface area contributed by atoms with Crippen molar-refractivity contribution in [1.82, 2.24) is 10.3 Å². The lowest BCUT2D eigenvalue weighted by Gasteiger charge is -2.05. The summed E-state index contributed by atoms with van der Waals surface area (Å²) in [7, 11) is 0. The summed E-state index contributed by atoms with van der Waals surface area (Å²) in [5.41, 5.74) is 2.87. The second-order valence-electron chi connectivity index (χ2n) is 4.34. The van der Waals surface area contributed by atoms with E-state index in [-0.39, 0.29) is 5.91 Å². The fourth-order valence-electron chi connectivity index (χ4n) is 1.88. The lowest BCUT2D eigenvalue weighted by Crippen LogP contribution is -2.22. The van der Waals surface area contributed by atoms with Crippen LogP contribution in [0.4, 0.5) is 0 Å². The molecule has 5 heteroatoms. The average molecular weight is 287 g/mol. The molecule has 0 spiro atoms. The molecule has 0 fully saturated rings. The molecule has 0 bridgehead atoms. The molecule has 0 saturated heterocycles. The van der Waals surface area contributed by atoms with E-state index in [2.05, 4.69) is 10.3 Å². The zero-order valence-electron chi connectivity index (χ0n) is 10.5. The highest BCUT2D eigenvalue weighted by Gasteiger charge is 2.08. The Hall–Kier alpha value is -2.33. The van der Waals surface area contributed by atoms with E-state index in [1.165, 1.54) is 6.39 Å². The van der Waals surface area contributed by atoms with E-state index in [4.69, 9.17) is 16.0 Å². The minimum atomic E-state index is -0.154. The van der Waals surface area contributed by atoms with Crippen LogP contribution < -0.4 is 5.32 Å². The molecule has 0 aliphatic heterocycles. The maximum Gasteiger partial charge on any atom is 0.251 e. The van der Waals surface area contributed by atoms with Crippen molar-refractivity contribution in [2.45, 2.75) is 6.54 Å². The van der Waals surface area contributed by atoms with Gasteiger partial charge in [0, 0.05) is 17.1 Å². The predicted molar refractivity (Wildman–Crippen MR) is 76.6 cm³/mol. The number of aromatic nitrogens is 1. The van der Waals surface area contributed by atoms with Crippen LogP contribution in [0, 0.1) is 0 Å². The van der Waals surface area contributed by atoms with Crippen LogP contribution in [0.5, 0.6) is 0 Å². The van der Waals surface area contributed by atoms with Gasteiger partial charge in [-0.05, 0) is 35.9 Å². The first-order valence-corrected chi connectivity index (χ1v) is 6.46. The van der Waals surface area contributed by atoms with E-state index in [9.17, 15) is 4.79 Å². The van der Waals surface area contributed by atoms with Crippen LogP contribution in [-0.4, -0.2) is 10.9 Å². The molecule has 4 nitrogen and oxygen atoms in total. The summed E-state index contributed by atoms with van der Waals surface area (Å²) >= 11 is 5.81.